The lowest BCUT2D eigenvalue weighted by atomic mass is 10.0. The van der Waals surface area contributed by atoms with Gasteiger partial charge in [0, 0.05) is 45.6 Å². The van der Waals surface area contributed by atoms with Gasteiger partial charge < -0.3 is 37.0 Å². The predicted molar refractivity (Wildman–Crippen MR) is 295 cm³/mol. The summed E-state index contributed by atoms with van der Waals surface area (Å²) in [7, 11) is -3.36. The number of hydrogen-bond acceptors (Lipinski definition) is 9. The Kier molecular flexibility index (Phi) is 41.5. The van der Waals surface area contributed by atoms with Gasteiger partial charge in [0.25, 0.3) is 0 Å². The normalized spacial score (nSPS) is 18.0. The van der Waals surface area contributed by atoms with Crippen molar-refractivity contribution >= 4 is 39.6 Å². The molecule has 0 aromatic heterocycles. The molecule has 4 amide bonds. The molecule has 0 aliphatic carbocycles. The number of nitrogens with zero attached hydrogens (tertiary/aromatic N) is 3. The lowest BCUT2D eigenvalue weighted by Crippen LogP contribution is -2.52. The smallest absolute Gasteiger partial charge is 0.326 e. The van der Waals surface area contributed by atoms with Crippen LogP contribution in [0.1, 0.15) is 258 Å². The van der Waals surface area contributed by atoms with Gasteiger partial charge in [-0.2, -0.15) is 4.31 Å². The second-order valence-electron chi connectivity index (χ2n) is 20.8. The van der Waals surface area contributed by atoms with Crippen LogP contribution in [0.3, 0.4) is 0 Å². The SMILES string of the molecule is CCCCCCCCCCC(=O)N1CCC[C@@H]1C(=O)NCCCCCN.CCCCCCCCCCC(=O)N1CCC[C@H]1C(=O)O.CCCCCCCCCCS(=O)(=O)N1CCCC[C@@H]1C(=O)NCCCN. The molecule has 3 heterocycles. The van der Waals surface area contributed by atoms with Crippen molar-refractivity contribution < 1.29 is 37.5 Å². The minimum atomic E-state index is -3.36. The van der Waals surface area contributed by atoms with E-state index < -0.39 is 28.1 Å². The molecule has 0 saturated carbocycles. The summed E-state index contributed by atoms with van der Waals surface area (Å²) in [4.78, 5) is 63.6. The zero-order chi connectivity index (χ0) is 53.1. The average molecular weight is 1040 g/mol. The molecular weight excluding hydrogens is 931 g/mol. The summed E-state index contributed by atoms with van der Waals surface area (Å²) in [5.41, 5.74) is 10.9. The number of rotatable bonds is 39. The highest BCUT2D eigenvalue weighted by molar-refractivity contribution is 7.89. The van der Waals surface area contributed by atoms with Gasteiger partial charge in [-0.15, -0.1) is 0 Å². The van der Waals surface area contributed by atoms with Crippen molar-refractivity contribution in [1.82, 2.24) is 24.7 Å². The number of sulfonamides is 1. The van der Waals surface area contributed by atoms with Crippen LogP contribution in [-0.4, -0.2) is 127 Å². The first-order valence-corrected chi connectivity index (χ1v) is 31.3. The highest BCUT2D eigenvalue weighted by Crippen LogP contribution is 2.24. The molecule has 0 unspecified atom stereocenters. The summed E-state index contributed by atoms with van der Waals surface area (Å²) in [5.74, 6) is -0.643. The molecule has 3 saturated heterocycles. The van der Waals surface area contributed by atoms with Crippen molar-refractivity contribution in [2.45, 2.75) is 276 Å². The highest BCUT2D eigenvalue weighted by Gasteiger charge is 2.37. The molecule has 7 N–H and O–H groups in total. The number of amides is 4. The number of aliphatic carboxylic acids is 1. The number of carbonyl (C=O) groups excluding carboxylic acids is 4. The van der Waals surface area contributed by atoms with E-state index >= 15 is 0 Å². The quantitative estimate of drug-likeness (QED) is 0.0366. The van der Waals surface area contributed by atoms with Crippen molar-refractivity contribution in [3.05, 3.63) is 0 Å². The molecule has 0 radical (unpaired) electrons. The van der Waals surface area contributed by atoms with Crippen LogP contribution in [-0.2, 0) is 34.0 Å². The number of nitrogens with two attached hydrogens (primary N) is 2. The molecule has 3 atom stereocenters. The van der Waals surface area contributed by atoms with E-state index in [2.05, 4.69) is 31.4 Å². The molecule has 3 fully saturated rings. The first kappa shape index (κ1) is 67.2. The number of nitrogens with one attached hydrogen (secondary N) is 2. The highest BCUT2D eigenvalue weighted by atomic mass is 32.2. The summed E-state index contributed by atoms with van der Waals surface area (Å²) >= 11 is 0. The first-order valence-electron chi connectivity index (χ1n) is 29.7. The Morgan fingerprint density at radius 1 is 0.458 bits per heavy atom. The molecule has 72 heavy (non-hydrogen) atoms. The minimum absolute atomic E-state index is 0.0273. The lowest BCUT2D eigenvalue weighted by molar-refractivity contribution is -0.148. The third kappa shape index (κ3) is 31.2. The van der Waals surface area contributed by atoms with Crippen LogP contribution in [0.25, 0.3) is 0 Å². The fraction of sp³-hybridized carbons (Fsp3) is 0.911. The third-order valence-electron chi connectivity index (χ3n) is 14.5. The van der Waals surface area contributed by atoms with E-state index in [9.17, 15) is 32.4 Å². The number of hydrogen-bond donors (Lipinski definition) is 5. The summed E-state index contributed by atoms with van der Waals surface area (Å²) in [5, 5.41) is 14.9. The molecule has 0 spiro atoms. The Bertz CT molecular complexity index is 1520. The van der Waals surface area contributed by atoms with Crippen molar-refractivity contribution in [3.8, 4) is 0 Å². The minimum Gasteiger partial charge on any atom is -0.480 e. The number of likely N-dealkylation sites (tertiary alicyclic amines) is 2. The zero-order valence-corrected chi connectivity index (χ0v) is 47.1. The van der Waals surface area contributed by atoms with Crippen LogP contribution in [0.15, 0.2) is 0 Å². The van der Waals surface area contributed by atoms with E-state index in [1.54, 1.807) is 4.90 Å². The van der Waals surface area contributed by atoms with E-state index in [4.69, 9.17) is 16.6 Å². The van der Waals surface area contributed by atoms with E-state index in [1.807, 2.05) is 4.90 Å². The van der Waals surface area contributed by atoms with Crippen LogP contribution in [0.2, 0.25) is 0 Å². The van der Waals surface area contributed by atoms with Crippen LogP contribution < -0.4 is 22.1 Å². The second kappa shape index (κ2) is 44.5. The lowest BCUT2D eigenvalue weighted by Gasteiger charge is -2.33. The zero-order valence-electron chi connectivity index (χ0n) is 46.3. The molecule has 0 aromatic carbocycles. The van der Waals surface area contributed by atoms with Gasteiger partial charge in [0.05, 0.1) is 5.75 Å². The topological polar surface area (TPSA) is 226 Å². The van der Waals surface area contributed by atoms with E-state index in [1.165, 1.54) is 113 Å². The molecule has 3 rings (SSSR count). The van der Waals surface area contributed by atoms with Gasteiger partial charge >= 0.3 is 5.97 Å². The van der Waals surface area contributed by atoms with Crippen LogP contribution in [0.5, 0.6) is 0 Å². The number of carbonyl (C=O) groups is 5. The largest absolute Gasteiger partial charge is 0.480 e. The van der Waals surface area contributed by atoms with E-state index in [0.717, 1.165) is 96.4 Å². The van der Waals surface area contributed by atoms with Gasteiger partial charge in [0.15, 0.2) is 0 Å². The van der Waals surface area contributed by atoms with Crippen molar-refractivity contribution in [1.29, 1.82) is 0 Å². The van der Waals surface area contributed by atoms with E-state index in [0.29, 0.717) is 77.8 Å². The number of unbranched alkanes of at least 4 members (excludes halogenated alkanes) is 23. The second-order valence-corrected chi connectivity index (χ2v) is 22.8. The van der Waals surface area contributed by atoms with Gasteiger partial charge in [-0.25, -0.2) is 13.2 Å². The molecular formula is C56H109N7O8S. The Hall–Kier alpha value is -2.82. The Labute approximate surface area is 439 Å². The molecule has 422 valence electrons. The molecule has 0 aromatic rings. The standard InChI is InChI=1S/C21H41N3O2.C19H39N3O3S.C16H29NO3/c1-2-3-4-5-6-7-8-10-15-20(25)24-18-13-14-19(24)21(26)23-17-12-9-11-16-22;1-2-3-4-5-6-7-8-11-17-26(24,25)22-16-10-9-13-18(22)19(23)21-15-12-14-20;1-2-3-4-5-6-7-8-9-12-15(18)17-13-10-11-14(17)16(19)20/h19H,2-18,22H2,1H3,(H,23,26);18H,2-17,20H2,1H3,(H,21,23);14H,2-13H2,1H3,(H,19,20)/t19-;18-;14-/m110/s1. The van der Waals surface area contributed by atoms with Gasteiger partial charge in [-0.05, 0) is 90.1 Å². The molecule has 0 bridgehead atoms. The molecule has 15 nitrogen and oxygen atoms in total. The van der Waals surface area contributed by atoms with E-state index in [-0.39, 0.29) is 35.4 Å². The summed E-state index contributed by atoms with van der Waals surface area (Å²) in [6.07, 6.45) is 38.9. The molecule has 3 aliphatic heterocycles. The Morgan fingerprint density at radius 2 is 0.847 bits per heavy atom. The average Bonchev–Trinajstić information content (AvgIpc) is 4.09. The van der Waals surface area contributed by atoms with Gasteiger partial charge in [0.2, 0.25) is 33.7 Å². The maximum atomic E-state index is 12.7. The van der Waals surface area contributed by atoms with Crippen molar-refractivity contribution in [3.63, 3.8) is 0 Å². The van der Waals surface area contributed by atoms with Crippen LogP contribution >= 0.6 is 0 Å². The summed E-state index contributed by atoms with van der Waals surface area (Å²) < 4.78 is 26.9. The fourth-order valence-corrected chi connectivity index (χ4v) is 11.8. The Morgan fingerprint density at radius 3 is 1.32 bits per heavy atom. The maximum Gasteiger partial charge on any atom is 0.326 e. The predicted octanol–water partition coefficient (Wildman–Crippen LogP) is 10.1. The molecule has 16 heteroatoms. The summed E-state index contributed by atoms with van der Waals surface area (Å²) in [6, 6.07) is -1.36. The first-order chi connectivity index (χ1) is 34.9. The monoisotopic (exact) mass is 1040 g/mol. The van der Waals surface area contributed by atoms with Gasteiger partial charge in [-0.1, -0.05) is 168 Å². The molecule has 3 aliphatic rings. The summed E-state index contributed by atoms with van der Waals surface area (Å²) in [6.45, 7) is 10.9. The third-order valence-corrected chi connectivity index (χ3v) is 16.4. The number of piperidine rings is 1. The fourth-order valence-electron chi connectivity index (χ4n) is 10.0. The number of carboxylic acid groups (broad SMARTS) is 1. The Balaban J connectivity index is 0.000000545. The van der Waals surface area contributed by atoms with Crippen molar-refractivity contribution in [2.75, 3.05) is 51.6 Å². The number of carboxylic acids is 1. The van der Waals surface area contributed by atoms with Crippen molar-refractivity contribution in [2.24, 2.45) is 11.5 Å². The van der Waals surface area contributed by atoms with Crippen LogP contribution in [0.4, 0.5) is 0 Å². The van der Waals surface area contributed by atoms with Gasteiger partial charge in [0.1, 0.15) is 18.1 Å². The van der Waals surface area contributed by atoms with Crippen LogP contribution in [0, 0.1) is 0 Å². The maximum absolute atomic E-state index is 12.7. The van der Waals surface area contributed by atoms with Gasteiger partial charge in [-0.3, -0.25) is 19.2 Å².